The summed E-state index contributed by atoms with van der Waals surface area (Å²) in [5.74, 6) is 0.612. The van der Waals surface area contributed by atoms with Crippen LogP contribution in [0.3, 0.4) is 0 Å². The van der Waals surface area contributed by atoms with Gasteiger partial charge in [-0.05, 0) is 19.1 Å². The van der Waals surface area contributed by atoms with E-state index in [9.17, 15) is 4.79 Å². The molecule has 0 saturated heterocycles. The summed E-state index contributed by atoms with van der Waals surface area (Å²) in [6, 6.07) is 5.62. The van der Waals surface area contributed by atoms with E-state index in [4.69, 9.17) is 4.74 Å². The molecule has 1 aromatic carbocycles. The highest BCUT2D eigenvalue weighted by Gasteiger charge is 2.05. The zero-order valence-corrected chi connectivity index (χ0v) is 8.07. The molecule has 0 aliphatic rings. The van der Waals surface area contributed by atoms with Crippen molar-refractivity contribution in [3.63, 3.8) is 0 Å². The van der Waals surface area contributed by atoms with Crippen LogP contribution in [0.1, 0.15) is 5.56 Å². The summed E-state index contributed by atoms with van der Waals surface area (Å²) >= 11 is 0. The van der Waals surface area contributed by atoms with Gasteiger partial charge in [0.2, 0.25) is 0 Å². The molecule has 0 N–H and O–H groups in total. The van der Waals surface area contributed by atoms with Gasteiger partial charge in [-0.15, -0.1) is 0 Å². The van der Waals surface area contributed by atoms with Crippen LogP contribution in [-0.4, -0.2) is 20.6 Å². The van der Waals surface area contributed by atoms with E-state index in [-0.39, 0.29) is 0 Å². The van der Waals surface area contributed by atoms with Gasteiger partial charge in [-0.1, -0.05) is 6.07 Å². The van der Waals surface area contributed by atoms with Crippen LogP contribution in [0, 0.1) is 6.92 Å². The zero-order chi connectivity index (χ0) is 9.84. The molecule has 13 heavy (non-hydrogen) atoms. The van der Waals surface area contributed by atoms with Crippen LogP contribution in [0.5, 0.6) is 5.75 Å². The van der Waals surface area contributed by atoms with Crippen molar-refractivity contribution in [2.45, 2.75) is 6.92 Å². The quantitative estimate of drug-likeness (QED) is 0.660. The van der Waals surface area contributed by atoms with Crippen LogP contribution in [-0.2, 0) is 4.79 Å². The molecule has 0 atom stereocenters. The molecular weight excluding hydrogens is 166 g/mol. The van der Waals surface area contributed by atoms with Crippen molar-refractivity contribution in [2.75, 3.05) is 19.0 Å². The largest absolute Gasteiger partial charge is 0.428 e. The molecule has 0 unspecified atom stereocenters. The van der Waals surface area contributed by atoms with Crippen LogP contribution in [0.4, 0.5) is 5.69 Å². The van der Waals surface area contributed by atoms with Gasteiger partial charge in [0.05, 0.1) is 0 Å². The zero-order valence-electron chi connectivity index (χ0n) is 8.07. The summed E-state index contributed by atoms with van der Waals surface area (Å²) < 4.78 is 4.82. The van der Waals surface area contributed by atoms with Crippen LogP contribution in [0.15, 0.2) is 18.2 Å². The van der Waals surface area contributed by atoms with E-state index in [1.54, 1.807) is 6.07 Å². The van der Waals surface area contributed by atoms with E-state index in [1.165, 1.54) is 0 Å². The molecule has 3 heteroatoms. The van der Waals surface area contributed by atoms with Crippen molar-refractivity contribution in [2.24, 2.45) is 0 Å². The van der Waals surface area contributed by atoms with Crippen LogP contribution < -0.4 is 9.64 Å². The van der Waals surface area contributed by atoms with Crippen molar-refractivity contribution in [1.29, 1.82) is 0 Å². The molecule has 70 valence electrons. The van der Waals surface area contributed by atoms with Gasteiger partial charge < -0.3 is 9.64 Å². The molecule has 0 aliphatic carbocycles. The summed E-state index contributed by atoms with van der Waals surface area (Å²) in [6.07, 6.45) is 0. The molecule has 0 radical (unpaired) electrons. The van der Waals surface area contributed by atoms with E-state index in [1.807, 2.05) is 38.1 Å². The second kappa shape index (κ2) is 3.94. The Bertz CT molecular complexity index is 308. The third-order valence-corrected chi connectivity index (χ3v) is 1.91. The SMILES string of the molecule is Cc1c(OC=O)cccc1N(C)C. The standard InChI is InChI=1S/C10H13NO2/c1-8-9(11(2)3)5-4-6-10(8)13-7-12/h4-7H,1-3H3. The highest BCUT2D eigenvalue weighted by molar-refractivity contribution is 5.60. The predicted octanol–water partition coefficient (Wildman–Crippen LogP) is 1.60. The van der Waals surface area contributed by atoms with Gasteiger partial charge in [0, 0.05) is 25.3 Å². The van der Waals surface area contributed by atoms with Crippen molar-refractivity contribution >= 4 is 12.2 Å². The Balaban J connectivity index is 3.10. The number of hydrogen-bond acceptors (Lipinski definition) is 3. The van der Waals surface area contributed by atoms with Crippen LogP contribution in [0.2, 0.25) is 0 Å². The van der Waals surface area contributed by atoms with E-state index >= 15 is 0 Å². The lowest BCUT2D eigenvalue weighted by atomic mass is 10.1. The predicted molar refractivity (Wildman–Crippen MR) is 52.2 cm³/mol. The fraction of sp³-hybridized carbons (Fsp3) is 0.300. The molecule has 3 nitrogen and oxygen atoms in total. The van der Waals surface area contributed by atoms with Crippen molar-refractivity contribution in [3.8, 4) is 5.75 Å². The number of ether oxygens (including phenoxy) is 1. The van der Waals surface area contributed by atoms with Gasteiger partial charge in [0.1, 0.15) is 5.75 Å². The average Bonchev–Trinajstić information content (AvgIpc) is 2.08. The first kappa shape index (κ1) is 9.58. The summed E-state index contributed by atoms with van der Waals surface area (Å²) in [7, 11) is 3.90. The summed E-state index contributed by atoms with van der Waals surface area (Å²) in [5, 5.41) is 0. The average molecular weight is 179 g/mol. The Morgan fingerprint density at radius 1 is 1.38 bits per heavy atom. The normalized spacial score (nSPS) is 9.46. The second-order valence-corrected chi connectivity index (χ2v) is 3.01. The topological polar surface area (TPSA) is 29.5 Å². The van der Waals surface area contributed by atoms with E-state index in [2.05, 4.69) is 0 Å². The molecule has 0 heterocycles. The molecule has 0 bridgehead atoms. The number of hydrogen-bond donors (Lipinski definition) is 0. The van der Waals surface area contributed by atoms with Crippen LogP contribution >= 0.6 is 0 Å². The Kier molecular flexibility index (Phi) is 2.90. The minimum atomic E-state index is 0.446. The van der Waals surface area contributed by atoms with Gasteiger partial charge in [-0.2, -0.15) is 0 Å². The summed E-state index contributed by atoms with van der Waals surface area (Å²) in [6.45, 7) is 2.37. The minimum Gasteiger partial charge on any atom is -0.428 e. The van der Waals surface area contributed by atoms with Gasteiger partial charge in [0.15, 0.2) is 0 Å². The number of carbonyl (C=O) groups excluding carboxylic acids is 1. The number of nitrogens with zero attached hydrogens (tertiary/aromatic N) is 1. The highest BCUT2D eigenvalue weighted by atomic mass is 16.5. The molecule has 0 aromatic heterocycles. The number of benzene rings is 1. The molecule has 0 aliphatic heterocycles. The monoisotopic (exact) mass is 179 g/mol. The van der Waals surface area contributed by atoms with Crippen LogP contribution in [0.25, 0.3) is 0 Å². The fourth-order valence-corrected chi connectivity index (χ4v) is 1.27. The maximum Gasteiger partial charge on any atom is 0.298 e. The van der Waals surface area contributed by atoms with Crippen molar-refractivity contribution < 1.29 is 9.53 Å². The lowest BCUT2D eigenvalue weighted by molar-refractivity contribution is -0.120. The Labute approximate surface area is 77.9 Å². The van der Waals surface area contributed by atoms with Gasteiger partial charge in [0.25, 0.3) is 6.47 Å². The van der Waals surface area contributed by atoms with E-state index < -0.39 is 0 Å². The minimum absolute atomic E-state index is 0.446. The lowest BCUT2D eigenvalue weighted by Crippen LogP contribution is -2.10. The fourth-order valence-electron chi connectivity index (χ4n) is 1.27. The first-order valence-electron chi connectivity index (χ1n) is 4.04. The smallest absolute Gasteiger partial charge is 0.298 e. The molecule has 0 spiro atoms. The van der Waals surface area contributed by atoms with Gasteiger partial charge in [-0.3, -0.25) is 4.79 Å². The molecule has 0 amide bonds. The number of anilines is 1. The molecule has 0 fully saturated rings. The van der Waals surface area contributed by atoms with Gasteiger partial charge >= 0.3 is 0 Å². The first-order chi connectivity index (χ1) is 6.16. The maximum atomic E-state index is 10.2. The van der Waals surface area contributed by atoms with Crippen molar-refractivity contribution in [3.05, 3.63) is 23.8 Å². The molecule has 1 aromatic rings. The molecule has 0 saturated carbocycles. The maximum absolute atomic E-state index is 10.2. The van der Waals surface area contributed by atoms with Crippen molar-refractivity contribution in [1.82, 2.24) is 0 Å². The Morgan fingerprint density at radius 2 is 2.08 bits per heavy atom. The lowest BCUT2D eigenvalue weighted by Gasteiger charge is -2.16. The third-order valence-electron chi connectivity index (χ3n) is 1.91. The molecular formula is C10H13NO2. The molecule has 1 rings (SSSR count). The van der Waals surface area contributed by atoms with E-state index in [0.29, 0.717) is 12.2 Å². The van der Waals surface area contributed by atoms with E-state index in [0.717, 1.165) is 11.3 Å². The Hall–Kier alpha value is -1.51. The Morgan fingerprint density at radius 3 is 2.62 bits per heavy atom. The summed E-state index contributed by atoms with van der Waals surface area (Å²) in [5.41, 5.74) is 2.03. The van der Waals surface area contributed by atoms with Gasteiger partial charge in [-0.25, -0.2) is 0 Å². The third kappa shape index (κ3) is 1.99. The number of carbonyl (C=O) groups is 1. The highest BCUT2D eigenvalue weighted by Crippen LogP contribution is 2.26. The number of rotatable bonds is 3. The summed E-state index contributed by atoms with van der Waals surface area (Å²) in [4.78, 5) is 12.2. The first-order valence-corrected chi connectivity index (χ1v) is 4.04. The second-order valence-electron chi connectivity index (χ2n) is 3.01.